The molecule has 2 N–H and O–H groups in total. The second-order valence-electron chi connectivity index (χ2n) is 5.84. The molecule has 1 aromatic heterocycles. The first-order valence-corrected chi connectivity index (χ1v) is 8.48. The zero-order chi connectivity index (χ0) is 22.2. The van der Waals surface area contributed by atoms with Crippen molar-refractivity contribution < 1.29 is 35.8 Å². The SMILES string of the molecule is CN=C(NCc1ccnc(OCC(F)(F)F)c1)NCc1ccccc1OC(F)(F)F. The summed E-state index contributed by atoms with van der Waals surface area (Å²) in [7, 11) is 1.46. The molecule has 0 radical (unpaired) electrons. The Hall–Kier alpha value is -3.18. The predicted molar refractivity (Wildman–Crippen MR) is 96.0 cm³/mol. The maximum atomic E-state index is 12.5. The highest BCUT2D eigenvalue weighted by atomic mass is 19.4. The van der Waals surface area contributed by atoms with E-state index in [2.05, 4.69) is 30.1 Å². The molecule has 0 aliphatic carbocycles. The van der Waals surface area contributed by atoms with Crippen LogP contribution < -0.4 is 20.1 Å². The standard InChI is InChI=1S/C18H18F6N4O2/c1-25-16(28-10-13-4-2-3-5-14(13)30-18(22,23)24)27-9-12-6-7-26-15(8-12)29-11-17(19,20)21/h2-8H,9-11H2,1H3,(H2,25,27,28). The topological polar surface area (TPSA) is 67.8 Å². The molecule has 6 nitrogen and oxygen atoms in total. The average Bonchev–Trinajstić information content (AvgIpc) is 2.66. The van der Waals surface area contributed by atoms with Gasteiger partial charge in [-0.3, -0.25) is 4.99 Å². The number of pyridine rings is 1. The van der Waals surface area contributed by atoms with E-state index in [9.17, 15) is 26.3 Å². The fourth-order valence-corrected chi connectivity index (χ4v) is 2.25. The quantitative estimate of drug-likeness (QED) is 0.393. The maximum absolute atomic E-state index is 12.5. The van der Waals surface area contributed by atoms with Gasteiger partial charge in [-0.05, 0) is 17.7 Å². The molecule has 0 bridgehead atoms. The van der Waals surface area contributed by atoms with E-state index >= 15 is 0 Å². The van der Waals surface area contributed by atoms with Crippen LogP contribution in [0.1, 0.15) is 11.1 Å². The Morgan fingerprint density at radius 3 is 2.40 bits per heavy atom. The Kier molecular flexibility index (Phi) is 7.72. The van der Waals surface area contributed by atoms with E-state index < -0.39 is 19.1 Å². The number of aromatic nitrogens is 1. The molecule has 164 valence electrons. The molecule has 0 saturated carbocycles. The normalized spacial score (nSPS) is 12.4. The van der Waals surface area contributed by atoms with Crippen LogP contribution in [-0.2, 0) is 13.1 Å². The third-order valence-corrected chi connectivity index (χ3v) is 3.51. The number of ether oxygens (including phenoxy) is 2. The smallest absolute Gasteiger partial charge is 0.468 e. The van der Waals surface area contributed by atoms with E-state index in [1.165, 1.54) is 37.5 Å². The molecule has 30 heavy (non-hydrogen) atoms. The molecule has 1 heterocycles. The highest BCUT2D eigenvalue weighted by molar-refractivity contribution is 5.79. The lowest BCUT2D eigenvalue weighted by atomic mass is 10.2. The predicted octanol–water partition coefficient (Wildman–Crippen LogP) is 3.79. The van der Waals surface area contributed by atoms with Gasteiger partial charge in [0.25, 0.3) is 0 Å². The van der Waals surface area contributed by atoms with Crippen molar-refractivity contribution in [3.05, 3.63) is 53.7 Å². The minimum Gasteiger partial charge on any atom is -0.468 e. The lowest BCUT2D eigenvalue weighted by Crippen LogP contribution is -2.36. The van der Waals surface area contributed by atoms with E-state index in [0.29, 0.717) is 5.56 Å². The third-order valence-electron chi connectivity index (χ3n) is 3.51. The molecule has 0 atom stereocenters. The monoisotopic (exact) mass is 436 g/mol. The van der Waals surface area contributed by atoms with Gasteiger partial charge in [0.2, 0.25) is 5.88 Å². The summed E-state index contributed by atoms with van der Waals surface area (Å²) in [5, 5.41) is 5.73. The Bertz CT molecular complexity index is 855. The van der Waals surface area contributed by atoms with Gasteiger partial charge in [0.1, 0.15) is 5.75 Å². The molecule has 0 aliphatic heterocycles. The van der Waals surface area contributed by atoms with Crippen LogP contribution in [0.5, 0.6) is 11.6 Å². The molecule has 0 fully saturated rings. The number of halogens is 6. The summed E-state index contributed by atoms with van der Waals surface area (Å²) in [6, 6.07) is 8.54. The highest BCUT2D eigenvalue weighted by Gasteiger charge is 2.32. The number of nitrogens with zero attached hydrogens (tertiary/aromatic N) is 2. The number of guanidine groups is 1. The summed E-state index contributed by atoms with van der Waals surface area (Å²) in [4.78, 5) is 7.65. The number of nitrogens with one attached hydrogen (secondary N) is 2. The van der Waals surface area contributed by atoms with E-state index in [1.54, 1.807) is 12.1 Å². The number of rotatable bonds is 7. The van der Waals surface area contributed by atoms with Crippen molar-refractivity contribution in [1.29, 1.82) is 0 Å². The molecule has 1 aromatic carbocycles. The van der Waals surface area contributed by atoms with E-state index in [-0.39, 0.29) is 36.2 Å². The van der Waals surface area contributed by atoms with Crippen LogP contribution in [0.3, 0.4) is 0 Å². The molecule has 0 spiro atoms. The van der Waals surface area contributed by atoms with Crippen molar-refractivity contribution in [3.8, 4) is 11.6 Å². The van der Waals surface area contributed by atoms with Gasteiger partial charge in [0.15, 0.2) is 12.6 Å². The van der Waals surface area contributed by atoms with E-state index in [0.717, 1.165) is 0 Å². The third kappa shape index (κ3) is 8.45. The molecule has 2 aromatic rings. The Balaban J connectivity index is 1.92. The zero-order valence-corrected chi connectivity index (χ0v) is 15.6. The van der Waals surface area contributed by atoms with Gasteiger partial charge in [-0.15, -0.1) is 13.2 Å². The van der Waals surface area contributed by atoms with E-state index in [4.69, 9.17) is 0 Å². The molecule has 0 saturated heterocycles. The van der Waals surface area contributed by atoms with Crippen LogP contribution >= 0.6 is 0 Å². The zero-order valence-electron chi connectivity index (χ0n) is 15.6. The Morgan fingerprint density at radius 2 is 1.73 bits per heavy atom. The van der Waals surface area contributed by atoms with Crippen molar-refractivity contribution in [3.63, 3.8) is 0 Å². The molecular weight excluding hydrogens is 418 g/mol. The van der Waals surface area contributed by atoms with Crippen molar-refractivity contribution in [1.82, 2.24) is 15.6 Å². The second kappa shape index (κ2) is 10.0. The highest BCUT2D eigenvalue weighted by Crippen LogP contribution is 2.26. The van der Waals surface area contributed by atoms with Crippen LogP contribution in [0.15, 0.2) is 47.6 Å². The van der Waals surface area contributed by atoms with Crippen LogP contribution in [-0.4, -0.2) is 37.1 Å². The van der Waals surface area contributed by atoms with Gasteiger partial charge in [0.05, 0.1) is 0 Å². The minimum absolute atomic E-state index is 0.0117. The first-order chi connectivity index (χ1) is 14.1. The molecule has 12 heteroatoms. The fourth-order valence-electron chi connectivity index (χ4n) is 2.25. The van der Waals surface area contributed by atoms with Crippen molar-refractivity contribution >= 4 is 5.96 Å². The van der Waals surface area contributed by atoms with Crippen LogP contribution in [0.25, 0.3) is 0 Å². The number of benzene rings is 1. The lowest BCUT2D eigenvalue weighted by molar-refractivity contribution is -0.274. The van der Waals surface area contributed by atoms with Gasteiger partial charge >= 0.3 is 12.5 Å². The van der Waals surface area contributed by atoms with Gasteiger partial charge in [-0.1, -0.05) is 18.2 Å². The largest absolute Gasteiger partial charge is 0.573 e. The molecule has 2 rings (SSSR count). The number of para-hydroxylation sites is 1. The maximum Gasteiger partial charge on any atom is 0.573 e. The Morgan fingerprint density at radius 1 is 1.03 bits per heavy atom. The van der Waals surface area contributed by atoms with Crippen LogP contribution in [0.4, 0.5) is 26.3 Å². The molecule has 0 aliphatic rings. The van der Waals surface area contributed by atoms with Gasteiger partial charge in [-0.25, -0.2) is 4.98 Å². The molecular formula is C18H18F6N4O2. The first-order valence-electron chi connectivity index (χ1n) is 8.48. The van der Waals surface area contributed by atoms with Crippen LogP contribution in [0.2, 0.25) is 0 Å². The van der Waals surface area contributed by atoms with Gasteiger partial charge in [0, 0.05) is 38.0 Å². The summed E-state index contributed by atoms with van der Waals surface area (Å²) < 4.78 is 82.7. The number of alkyl halides is 6. The fraction of sp³-hybridized carbons (Fsp3) is 0.333. The number of hydrogen-bond acceptors (Lipinski definition) is 4. The van der Waals surface area contributed by atoms with Gasteiger partial charge in [-0.2, -0.15) is 13.2 Å². The number of aliphatic imine (C=N–C) groups is 1. The van der Waals surface area contributed by atoms with Crippen LogP contribution in [0, 0.1) is 0 Å². The summed E-state index contributed by atoms with van der Waals surface area (Å²) >= 11 is 0. The summed E-state index contributed by atoms with van der Waals surface area (Å²) in [5.74, 6) is -0.271. The average molecular weight is 436 g/mol. The Labute approximate surface area is 167 Å². The summed E-state index contributed by atoms with van der Waals surface area (Å²) in [6.45, 7) is -1.31. The van der Waals surface area contributed by atoms with Crippen molar-refractivity contribution in [2.45, 2.75) is 25.6 Å². The van der Waals surface area contributed by atoms with E-state index in [1.807, 2.05) is 0 Å². The lowest BCUT2D eigenvalue weighted by Gasteiger charge is -2.16. The summed E-state index contributed by atoms with van der Waals surface area (Å²) in [5.41, 5.74) is 0.815. The van der Waals surface area contributed by atoms with Crippen molar-refractivity contribution in [2.75, 3.05) is 13.7 Å². The first kappa shape index (κ1) is 23.1. The second-order valence-corrected chi connectivity index (χ2v) is 5.84. The summed E-state index contributed by atoms with van der Waals surface area (Å²) in [6.07, 6.45) is -8.00. The van der Waals surface area contributed by atoms with Crippen molar-refractivity contribution in [2.24, 2.45) is 4.99 Å². The molecule has 0 amide bonds. The minimum atomic E-state index is -4.82. The van der Waals surface area contributed by atoms with Gasteiger partial charge < -0.3 is 20.1 Å². The number of hydrogen-bond donors (Lipinski definition) is 2. The molecule has 0 unspecified atom stereocenters.